The lowest BCUT2D eigenvalue weighted by Gasteiger charge is -2.06. The monoisotopic (exact) mass is 338 g/mol. The molecule has 1 aromatic carbocycles. The molecule has 25 heavy (non-hydrogen) atoms. The van der Waals surface area contributed by atoms with Crippen molar-refractivity contribution in [2.24, 2.45) is 0 Å². The number of pyridine rings is 1. The standard InChI is InChI=1S/C18H15FN4O2/c19-14-3-1-12(2-4-14)5-10-21-17(24)15-11-16(22-23-18(15)25)13-6-8-20-9-7-13/h1-4,6-9,11H,5,10H2,(H,21,24)(H,23,25). The van der Waals surface area contributed by atoms with E-state index in [1.54, 1.807) is 36.7 Å². The van der Waals surface area contributed by atoms with Gasteiger partial charge in [0, 0.05) is 24.5 Å². The zero-order chi connectivity index (χ0) is 17.6. The van der Waals surface area contributed by atoms with Crippen LogP contribution in [0.3, 0.4) is 0 Å². The molecule has 2 heterocycles. The van der Waals surface area contributed by atoms with Gasteiger partial charge in [0.2, 0.25) is 0 Å². The Bertz CT molecular complexity index is 924. The number of nitrogens with zero attached hydrogens (tertiary/aromatic N) is 2. The van der Waals surface area contributed by atoms with E-state index in [1.807, 2.05) is 0 Å². The summed E-state index contributed by atoms with van der Waals surface area (Å²) < 4.78 is 12.9. The first-order valence-electron chi connectivity index (χ1n) is 7.66. The second-order valence-corrected chi connectivity index (χ2v) is 5.36. The molecular weight excluding hydrogens is 323 g/mol. The third-order valence-electron chi connectivity index (χ3n) is 3.64. The van der Waals surface area contributed by atoms with Gasteiger partial charge in [-0.05, 0) is 42.3 Å². The number of rotatable bonds is 5. The van der Waals surface area contributed by atoms with Crippen molar-refractivity contribution < 1.29 is 9.18 Å². The molecule has 0 unspecified atom stereocenters. The lowest BCUT2D eigenvalue weighted by Crippen LogP contribution is -2.31. The topological polar surface area (TPSA) is 87.7 Å². The minimum Gasteiger partial charge on any atom is -0.352 e. The van der Waals surface area contributed by atoms with E-state index in [-0.39, 0.29) is 11.4 Å². The lowest BCUT2D eigenvalue weighted by molar-refractivity contribution is 0.0952. The van der Waals surface area contributed by atoms with Crippen LogP contribution in [0, 0.1) is 5.82 Å². The Kier molecular flexibility index (Phi) is 4.94. The molecule has 0 saturated heterocycles. The van der Waals surface area contributed by atoms with Gasteiger partial charge in [-0.2, -0.15) is 5.10 Å². The highest BCUT2D eigenvalue weighted by Gasteiger charge is 2.12. The number of aromatic amines is 1. The molecule has 0 aliphatic carbocycles. The molecule has 0 aliphatic rings. The average Bonchev–Trinajstić information content (AvgIpc) is 2.64. The summed E-state index contributed by atoms with van der Waals surface area (Å²) in [5.41, 5.74) is 1.54. The second-order valence-electron chi connectivity index (χ2n) is 5.36. The summed E-state index contributed by atoms with van der Waals surface area (Å²) in [6.45, 7) is 0.330. The van der Waals surface area contributed by atoms with Gasteiger partial charge in [-0.25, -0.2) is 9.49 Å². The van der Waals surface area contributed by atoms with Crippen molar-refractivity contribution in [3.63, 3.8) is 0 Å². The van der Waals surface area contributed by atoms with Crippen LogP contribution in [0.4, 0.5) is 4.39 Å². The van der Waals surface area contributed by atoms with Crippen molar-refractivity contribution in [2.45, 2.75) is 6.42 Å². The van der Waals surface area contributed by atoms with Crippen LogP contribution in [0.25, 0.3) is 11.3 Å². The summed E-state index contributed by atoms with van der Waals surface area (Å²) in [4.78, 5) is 28.1. The summed E-state index contributed by atoms with van der Waals surface area (Å²) in [5.74, 6) is -0.791. The van der Waals surface area contributed by atoms with Gasteiger partial charge in [-0.1, -0.05) is 12.1 Å². The van der Waals surface area contributed by atoms with Crippen molar-refractivity contribution in [3.8, 4) is 11.3 Å². The van der Waals surface area contributed by atoms with Crippen LogP contribution >= 0.6 is 0 Å². The number of benzene rings is 1. The van der Waals surface area contributed by atoms with Gasteiger partial charge >= 0.3 is 0 Å². The first kappa shape index (κ1) is 16.5. The summed E-state index contributed by atoms with van der Waals surface area (Å²) in [6.07, 6.45) is 3.74. The molecule has 6 nitrogen and oxygen atoms in total. The van der Waals surface area contributed by atoms with Crippen molar-refractivity contribution in [1.82, 2.24) is 20.5 Å². The van der Waals surface area contributed by atoms with Gasteiger partial charge < -0.3 is 5.32 Å². The lowest BCUT2D eigenvalue weighted by atomic mass is 10.1. The number of hydrogen-bond acceptors (Lipinski definition) is 4. The summed E-state index contributed by atoms with van der Waals surface area (Å²) in [5, 5.41) is 8.97. The molecule has 0 radical (unpaired) electrons. The fourth-order valence-corrected chi connectivity index (χ4v) is 2.31. The Morgan fingerprint density at radius 3 is 2.56 bits per heavy atom. The van der Waals surface area contributed by atoms with Crippen LogP contribution < -0.4 is 10.9 Å². The van der Waals surface area contributed by atoms with Gasteiger partial charge in [0.25, 0.3) is 11.5 Å². The van der Waals surface area contributed by atoms with Gasteiger partial charge in [0.15, 0.2) is 0 Å². The molecule has 3 aromatic rings. The largest absolute Gasteiger partial charge is 0.352 e. The molecule has 2 aromatic heterocycles. The van der Waals surface area contributed by atoms with Crippen molar-refractivity contribution in [1.29, 1.82) is 0 Å². The number of amides is 1. The molecule has 126 valence electrons. The van der Waals surface area contributed by atoms with Crippen LogP contribution in [0.5, 0.6) is 0 Å². The maximum atomic E-state index is 12.9. The average molecular weight is 338 g/mol. The maximum absolute atomic E-state index is 12.9. The SMILES string of the molecule is O=C(NCCc1ccc(F)cc1)c1cc(-c2ccncc2)n[nH]c1=O. The van der Waals surface area contributed by atoms with Crippen LogP contribution in [-0.2, 0) is 6.42 Å². The predicted molar refractivity (Wildman–Crippen MR) is 90.5 cm³/mol. The number of aromatic nitrogens is 3. The highest BCUT2D eigenvalue weighted by atomic mass is 19.1. The summed E-state index contributed by atoms with van der Waals surface area (Å²) in [6, 6.07) is 11.0. The number of H-pyrrole nitrogens is 1. The molecule has 3 rings (SSSR count). The zero-order valence-electron chi connectivity index (χ0n) is 13.2. The quantitative estimate of drug-likeness (QED) is 0.744. The van der Waals surface area contributed by atoms with E-state index in [0.717, 1.165) is 11.1 Å². The molecule has 7 heteroatoms. The van der Waals surface area contributed by atoms with E-state index in [9.17, 15) is 14.0 Å². The van der Waals surface area contributed by atoms with Crippen LogP contribution in [0.1, 0.15) is 15.9 Å². The van der Waals surface area contributed by atoms with E-state index in [4.69, 9.17) is 0 Å². The van der Waals surface area contributed by atoms with E-state index in [2.05, 4.69) is 20.5 Å². The number of carbonyl (C=O) groups is 1. The molecule has 0 fully saturated rings. The number of halogens is 1. The predicted octanol–water partition coefficient (Wildman–Crippen LogP) is 1.94. The van der Waals surface area contributed by atoms with Crippen LogP contribution in [0.2, 0.25) is 0 Å². The first-order valence-corrected chi connectivity index (χ1v) is 7.66. The Morgan fingerprint density at radius 2 is 1.84 bits per heavy atom. The Balaban J connectivity index is 1.69. The molecule has 2 N–H and O–H groups in total. The maximum Gasteiger partial charge on any atom is 0.277 e. The second kappa shape index (κ2) is 7.48. The van der Waals surface area contributed by atoms with E-state index in [0.29, 0.717) is 18.7 Å². The van der Waals surface area contributed by atoms with Crippen molar-refractivity contribution >= 4 is 5.91 Å². The molecule has 1 amide bonds. The van der Waals surface area contributed by atoms with Gasteiger partial charge in [0.1, 0.15) is 11.4 Å². The van der Waals surface area contributed by atoms with E-state index >= 15 is 0 Å². The number of carbonyl (C=O) groups excluding carboxylic acids is 1. The molecule has 0 atom stereocenters. The molecule has 0 spiro atoms. The smallest absolute Gasteiger partial charge is 0.277 e. The van der Waals surface area contributed by atoms with Crippen LogP contribution in [-0.4, -0.2) is 27.6 Å². The minimum absolute atomic E-state index is 0.0130. The van der Waals surface area contributed by atoms with E-state index < -0.39 is 11.5 Å². The fraction of sp³-hybridized carbons (Fsp3) is 0.111. The normalized spacial score (nSPS) is 10.4. The third-order valence-corrected chi connectivity index (χ3v) is 3.64. The number of nitrogens with one attached hydrogen (secondary N) is 2. The van der Waals surface area contributed by atoms with Gasteiger partial charge in [-0.3, -0.25) is 14.6 Å². The van der Waals surface area contributed by atoms with Crippen molar-refractivity contribution in [2.75, 3.05) is 6.54 Å². The summed E-state index contributed by atoms with van der Waals surface area (Å²) >= 11 is 0. The van der Waals surface area contributed by atoms with Gasteiger partial charge in [-0.15, -0.1) is 0 Å². The molecular formula is C18H15FN4O2. The first-order chi connectivity index (χ1) is 12.1. The summed E-state index contributed by atoms with van der Waals surface area (Å²) in [7, 11) is 0. The van der Waals surface area contributed by atoms with E-state index in [1.165, 1.54) is 18.2 Å². The van der Waals surface area contributed by atoms with Crippen molar-refractivity contribution in [3.05, 3.63) is 82.2 Å². The number of hydrogen-bond donors (Lipinski definition) is 2. The Labute approximate surface area is 142 Å². The zero-order valence-corrected chi connectivity index (χ0v) is 13.2. The highest BCUT2D eigenvalue weighted by molar-refractivity contribution is 5.94. The Morgan fingerprint density at radius 1 is 1.12 bits per heavy atom. The van der Waals surface area contributed by atoms with Crippen LogP contribution in [0.15, 0.2) is 59.7 Å². The minimum atomic E-state index is -0.558. The molecule has 0 aliphatic heterocycles. The van der Waals surface area contributed by atoms with Gasteiger partial charge in [0.05, 0.1) is 5.69 Å². The molecule has 0 bridgehead atoms. The molecule has 0 saturated carbocycles. The Hall–Kier alpha value is -3.35. The third kappa shape index (κ3) is 4.14. The fourth-order valence-electron chi connectivity index (χ4n) is 2.31. The highest BCUT2D eigenvalue weighted by Crippen LogP contribution is 2.14.